The smallest absolute Gasteiger partial charge is 0.237 e. The molecule has 3 atom stereocenters. The molecule has 1 aromatic rings. The molecule has 1 aliphatic heterocycles. The van der Waals surface area contributed by atoms with Crippen LogP contribution in [0.4, 0.5) is 0 Å². The molecule has 3 unspecified atom stereocenters. The monoisotopic (exact) mass is 298 g/mol. The summed E-state index contributed by atoms with van der Waals surface area (Å²) in [6.45, 7) is 2.75. The second kappa shape index (κ2) is 8.25. The molecule has 1 heterocycles. The number of aliphatic hydroxyl groups is 1. The highest BCUT2D eigenvalue weighted by molar-refractivity contribution is 5.85. The zero-order valence-corrected chi connectivity index (χ0v) is 12.5. The second-order valence-corrected chi connectivity index (χ2v) is 5.20. The summed E-state index contributed by atoms with van der Waals surface area (Å²) in [5, 5.41) is 16.2. The fourth-order valence-corrected chi connectivity index (χ4v) is 2.36. The van der Waals surface area contributed by atoms with E-state index in [1.165, 1.54) is 0 Å². The van der Waals surface area contributed by atoms with Crippen molar-refractivity contribution in [2.45, 2.75) is 44.4 Å². The quantitative estimate of drug-likeness (QED) is 0.767. The normalized spacial score (nSPS) is 20.8. The number of carbonyl (C=O) groups excluding carboxylic acids is 1. The van der Waals surface area contributed by atoms with Gasteiger partial charge in [-0.3, -0.25) is 4.79 Å². The number of nitrogens with one attached hydrogen (secondary N) is 2. The minimum absolute atomic E-state index is 0. The standard InChI is InChI=1S/C15H22N2O2.ClH/c1-11(17-15(19)13-8-5-9-16-13)14(18)10-12-6-3-2-4-7-12;/h2-4,6-7,11,13-14,16,18H,5,8-10H2,1H3,(H,17,19);1H. The number of amides is 1. The molecule has 0 saturated carbocycles. The topological polar surface area (TPSA) is 61.4 Å². The van der Waals surface area contributed by atoms with E-state index in [0.717, 1.165) is 24.9 Å². The Hall–Kier alpha value is -1.10. The number of halogens is 1. The summed E-state index contributed by atoms with van der Waals surface area (Å²) in [5.41, 5.74) is 1.08. The number of carbonyl (C=O) groups is 1. The maximum atomic E-state index is 11.9. The van der Waals surface area contributed by atoms with Crippen LogP contribution in [-0.4, -0.2) is 35.7 Å². The average Bonchev–Trinajstić information content (AvgIpc) is 2.93. The lowest BCUT2D eigenvalue weighted by Crippen LogP contribution is -2.48. The molecule has 0 radical (unpaired) electrons. The molecule has 2 rings (SSSR count). The number of hydrogen-bond donors (Lipinski definition) is 3. The van der Waals surface area contributed by atoms with Gasteiger partial charge in [-0.15, -0.1) is 12.4 Å². The first-order valence-electron chi connectivity index (χ1n) is 6.92. The lowest BCUT2D eigenvalue weighted by molar-refractivity contribution is -0.124. The van der Waals surface area contributed by atoms with Crippen LogP contribution in [0.2, 0.25) is 0 Å². The maximum Gasteiger partial charge on any atom is 0.237 e. The Morgan fingerprint density at radius 1 is 1.45 bits per heavy atom. The summed E-state index contributed by atoms with van der Waals surface area (Å²) in [6, 6.07) is 9.49. The van der Waals surface area contributed by atoms with Crippen LogP contribution in [0.25, 0.3) is 0 Å². The van der Waals surface area contributed by atoms with Crippen molar-refractivity contribution in [3.63, 3.8) is 0 Å². The van der Waals surface area contributed by atoms with Crippen LogP contribution >= 0.6 is 12.4 Å². The van der Waals surface area contributed by atoms with Crippen molar-refractivity contribution in [2.24, 2.45) is 0 Å². The Morgan fingerprint density at radius 3 is 2.75 bits per heavy atom. The van der Waals surface area contributed by atoms with Gasteiger partial charge in [0.25, 0.3) is 0 Å². The fraction of sp³-hybridized carbons (Fsp3) is 0.533. The van der Waals surface area contributed by atoms with E-state index in [1.807, 2.05) is 37.3 Å². The van der Waals surface area contributed by atoms with E-state index in [0.29, 0.717) is 6.42 Å². The van der Waals surface area contributed by atoms with Crippen LogP contribution in [0.5, 0.6) is 0 Å². The summed E-state index contributed by atoms with van der Waals surface area (Å²) in [5.74, 6) is -0.00267. The Bertz CT molecular complexity index is 408. The summed E-state index contributed by atoms with van der Waals surface area (Å²) in [6.07, 6.45) is 1.92. The van der Waals surface area contributed by atoms with Crippen LogP contribution in [0, 0.1) is 0 Å². The van der Waals surface area contributed by atoms with E-state index in [4.69, 9.17) is 0 Å². The third-order valence-corrected chi connectivity index (χ3v) is 3.61. The number of benzene rings is 1. The van der Waals surface area contributed by atoms with Gasteiger partial charge in [-0.25, -0.2) is 0 Å². The van der Waals surface area contributed by atoms with E-state index in [-0.39, 0.29) is 30.4 Å². The third-order valence-electron chi connectivity index (χ3n) is 3.61. The van der Waals surface area contributed by atoms with Crippen LogP contribution < -0.4 is 10.6 Å². The summed E-state index contributed by atoms with van der Waals surface area (Å²) < 4.78 is 0. The first-order valence-corrected chi connectivity index (χ1v) is 6.92. The highest BCUT2D eigenvalue weighted by atomic mass is 35.5. The lowest BCUT2D eigenvalue weighted by atomic mass is 10.0. The van der Waals surface area contributed by atoms with Gasteiger partial charge < -0.3 is 15.7 Å². The molecule has 3 N–H and O–H groups in total. The van der Waals surface area contributed by atoms with Crippen LogP contribution in [-0.2, 0) is 11.2 Å². The zero-order valence-electron chi connectivity index (χ0n) is 11.7. The van der Waals surface area contributed by atoms with Gasteiger partial charge >= 0.3 is 0 Å². The number of rotatable bonds is 5. The first kappa shape index (κ1) is 17.0. The molecule has 0 bridgehead atoms. The van der Waals surface area contributed by atoms with Crippen molar-refractivity contribution >= 4 is 18.3 Å². The molecule has 1 fully saturated rings. The third kappa shape index (κ3) is 4.78. The van der Waals surface area contributed by atoms with Crippen LogP contribution in [0.15, 0.2) is 30.3 Å². The second-order valence-electron chi connectivity index (χ2n) is 5.20. The van der Waals surface area contributed by atoms with E-state index in [1.54, 1.807) is 0 Å². The fourth-order valence-electron chi connectivity index (χ4n) is 2.36. The van der Waals surface area contributed by atoms with Gasteiger partial charge in [-0.2, -0.15) is 0 Å². The molecule has 1 aliphatic rings. The molecular formula is C15H23ClN2O2. The molecule has 4 nitrogen and oxygen atoms in total. The molecule has 1 aromatic carbocycles. The van der Waals surface area contributed by atoms with E-state index >= 15 is 0 Å². The largest absolute Gasteiger partial charge is 0.391 e. The summed E-state index contributed by atoms with van der Waals surface area (Å²) in [4.78, 5) is 11.9. The van der Waals surface area contributed by atoms with Crippen LogP contribution in [0.3, 0.4) is 0 Å². The van der Waals surface area contributed by atoms with Crippen molar-refractivity contribution in [3.05, 3.63) is 35.9 Å². The summed E-state index contributed by atoms with van der Waals surface area (Å²) >= 11 is 0. The van der Waals surface area contributed by atoms with Gasteiger partial charge in [0.2, 0.25) is 5.91 Å². The van der Waals surface area contributed by atoms with Crippen molar-refractivity contribution in [1.29, 1.82) is 0 Å². The highest BCUT2D eigenvalue weighted by Gasteiger charge is 2.25. The van der Waals surface area contributed by atoms with E-state index in [2.05, 4.69) is 10.6 Å². The molecule has 0 aromatic heterocycles. The van der Waals surface area contributed by atoms with Crippen molar-refractivity contribution in [1.82, 2.24) is 10.6 Å². The molecule has 112 valence electrons. The minimum Gasteiger partial charge on any atom is -0.391 e. The van der Waals surface area contributed by atoms with Gasteiger partial charge in [0, 0.05) is 6.42 Å². The Balaban J connectivity index is 0.00000200. The summed E-state index contributed by atoms with van der Waals surface area (Å²) in [7, 11) is 0. The van der Waals surface area contributed by atoms with Gasteiger partial charge in [0.05, 0.1) is 18.2 Å². The maximum absolute atomic E-state index is 11.9. The van der Waals surface area contributed by atoms with Crippen molar-refractivity contribution in [3.8, 4) is 0 Å². The van der Waals surface area contributed by atoms with E-state index in [9.17, 15) is 9.90 Å². The molecule has 0 aliphatic carbocycles. The van der Waals surface area contributed by atoms with Crippen molar-refractivity contribution in [2.75, 3.05) is 6.54 Å². The number of aliphatic hydroxyl groups excluding tert-OH is 1. The molecular weight excluding hydrogens is 276 g/mol. The predicted octanol–water partition coefficient (Wildman–Crippen LogP) is 1.27. The molecule has 5 heteroatoms. The van der Waals surface area contributed by atoms with Gasteiger partial charge in [-0.05, 0) is 31.9 Å². The lowest BCUT2D eigenvalue weighted by Gasteiger charge is -2.22. The Labute approximate surface area is 126 Å². The van der Waals surface area contributed by atoms with Gasteiger partial charge in [0.1, 0.15) is 0 Å². The Kier molecular flexibility index (Phi) is 6.99. The number of hydrogen-bond acceptors (Lipinski definition) is 3. The average molecular weight is 299 g/mol. The van der Waals surface area contributed by atoms with E-state index < -0.39 is 6.10 Å². The molecule has 1 amide bonds. The van der Waals surface area contributed by atoms with Crippen LogP contribution in [0.1, 0.15) is 25.3 Å². The van der Waals surface area contributed by atoms with Gasteiger partial charge in [-0.1, -0.05) is 30.3 Å². The Morgan fingerprint density at radius 2 is 2.15 bits per heavy atom. The first-order chi connectivity index (χ1) is 9.16. The molecule has 20 heavy (non-hydrogen) atoms. The predicted molar refractivity (Wildman–Crippen MR) is 82.0 cm³/mol. The van der Waals surface area contributed by atoms with Crippen molar-refractivity contribution < 1.29 is 9.90 Å². The molecule has 1 saturated heterocycles. The zero-order chi connectivity index (χ0) is 13.7. The minimum atomic E-state index is -0.562. The SMILES string of the molecule is CC(NC(=O)C1CCCN1)C(O)Cc1ccccc1.Cl. The van der Waals surface area contributed by atoms with Gasteiger partial charge in [0.15, 0.2) is 0 Å². The highest BCUT2D eigenvalue weighted by Crippen LogP contribution is 2.08. The molecule has 0 spiro atoms.